The predicted octanol–water partition coefficient (Wildman–Crippen LogP) is 1.39. The van der Waals surface area contributed by atoms with Crippen LogP contribution >= 0.6 is 0 Å². The Morgan fingerprint density at radius 1 is 1.23 bits per heavy atom. The van der Waals surface area contributed by atoms with Crippen molar-refractivity contribution in [2.75, 3.05) is 6.54 Å². The van der Waals surface area contributed by atoms with Crippen molar-refractivity contribution < 1.29 is 9.59 Å². The summed E-state index contributed by atoms with van der Waals surface area (Å²) in [6, 6.07) is 5.23. The van der Waals surface area contributed by atoms with E-state index in [9.17, 15) is 14.4 Å². The summed E-state index contributed by atoms with van der Waals surface area (Å²) in [5.74, 6) is -0.289. The molecule has 1 aliphatic rings. The van der Waals surface area contributed by atoms with Crippen LogP contribution in [-0.4, -0.2) is 48.9 Å². The van der Waals surface area contributed by atoms with Crippen LogP contribution in [0.5, 0.6) is 0 Å². The summed E-state index contributed by atoms with van der Waals surface area (Å²) in [6.07, 6.45) is 3.40. The molecule has 0 saturated heterocycles. The first kappa shape index (κ1) is 19.8. The molecule has 2 N–H and O–H groups in total. The summed E-state index contributed by atoms with van der Waals surface area (Å²) in [4.78, 5) is 44.1. The molecule has 2 amide bonds. The van der Waals surface area contributed by atoms with Crippen molar-refractivity contribution >= 4 is 17.5 Å². The topological polar surface area (TPSA) is 112 Å². The molecule has 3 aromatic heterocycles. The van der Waals surface area contributed by atoms with Gasteiger partial charge in [0.2, 0.25) is 0 Å². The van der Waals surface area contributed by atoms with Gasteiger partial charge in [0.05, 0.1) is 12.2 Å². The van der Waals surface area contributed by atoms with Crippen LogP contribution in [0.4, 0.5) is 0 Å². The van der Waals surface area contributed by atoms with Gasteiger partial charge in [-0.25, -0.2) is 4.98 Å². The van der Waals surface area contributed by atoms with E-state index in [1.807, 2.05) is 20.8 Å². The SMILES string of the molecule is CC(C)[C@H](C)NC(=O)c1n[nH]c2c1CCN(C(=O)c1cnc3ccccn3c1=O)C2. The lowest BCUT2D eigenvalue weighted by Gasteiger charge is -2.26. The highest BCUT2D eigenvalue weighted by Crippen LogP contribution is 2.21. The fourth-order valence-electron chi connectivity index (χ4n) is 3.46. The lowest BCUT2D eigenvalue weighted by Crippen LogP contribution is -2.40. The molecule has 0 aliphatic carbocycles. The molecule has 1 aliphatic heterocycles. The van der Waals surface area contributed by atoms with Crippen LogP contribution in [0.25, 0.3) is 5.65 Å². The standard InChI is InChI=1S/C21H24N6O3/c1-12(2)13(3)23-19(28)18-14-7-9-26(11-16(14)24-25-18)20(29)15-10-22-17-6-4-5-8-27(17)21(15)30/h4-6,8,10,12-13H,7,9,11H2,1-3H3,(H,23,28)(H,24,25)/t13-/m0/s1. The molecule has 4 rings (SSSR count). The number of nitrogens with zero attached hydrogens (tertiary/aromatic N) is 4. The van der Waals surface area contributed by atoms with Crippen molar-refractivity contribution in [2.45, 2.75) is 39.8 Å². The number of rotatable bonds is 4. The summed E-state index contributed by atoms with van der Waals surface area (Å²) < 4.78 is 1.36. The highest BCUT2D eigenvalue weighted by Gasteiger charge is 2.29. The number of aromatic amines is 1. The zero-order chi connectivity index (χ0) is 21.4. The van der Waals surface area contributed by atoms with E-state index in [1.165, 1.54) is 10.6 Å². The maximum Gasteiger partial charge on any atom is 0.272 e. The number of amides is 2. The Bertz CT molecular complexity index is 1180. The number of pyridine rings is 1. The van der Waals surface area contributed by atoms with Crippen LogP contribution in [0, 0.1) is 5.92 Å². The van der Waals surface area contributed by atoms with Gasteiger partial charge in [-0.1, -0.05) is 19.9 Å². The van der Waals surface area contributed by atoms with Crippen LogP contribution in [-0.2, 0) is 13.0 Å². The van der Waals surface area contributed by atoms with E-state index in [-0.39, 0.29) is 30.0 Å². The first-order valence-electron chi connectivity index (χ1n) is 9.99. The summed E-state index contributed by atoms with van der Waals surface area (Å²) in [5.41, 5.74) is 2.01. The molecule has 9 heteroatoms. The van der Waals surface area contributed by atoms with Gasteiger partial charge in [0.25, 0.3) is 17.4 Å². The van der Waals surface area contributed by atoms with Gasteiger partial charge in [-0.3, -0.25) is 23.9 Å². The number of carbonyl (C=O) groups is 2. The molecule has 0 spiro atoms. The van der Waals surface area contributed by atoms with Gasteiger partial charge in [0.15, 0.2) is 5.69 Å². The third-order valence-corrected chi connectivity index (χ3v) is 5.64. The van der Waals surface area contributed by atoms with E-state index < -0.39 is 5.56 Å². The van der Waals surface area contributed by atoms with Crippen LogP contribution in [0.15, 0.2) is 35.4 Å². The molecule has 0 radical (unpaired) electrons. The Balaban J connectivity index is 1.55. The Morgan fingerprint density at radius 3 is 2.80 bits per heavy atom. The van der Waals surface area contributed by atoms with Gasteiger partial charge < -0.3 is 10.2 Å². The van der Waals surface area contributed by atoms with Gasteiger partial charge >= 0.3 is 0 Å². The lowest BCUT2D eigenvalue weighted by atomic mass is 10.0. The summed E-state index contributed by atoms with van der Waals surface area (Å²) in [6.45, 7) is 6.68. The minimum atomic E-state index is -0.399. The van der Waals surface area contributed by atoms with E-state index in [1.54, 1.807) is 29.3 Å². The largest absolute Gasteiger partial charge is 0.348 e. The molecule has 1 atom stereocenters. The third kappa shape index (κ3) is 3.47. The second-order valence-electron chi connectivity index (χ2n) is 7.92. The summed E-state index contributed by atoms with van der Waals surface area (Å²) >= 11 is 0. The molecule has 0 unspecified atom stereocenters. The van der Waals surface area contributed by atoms with Crippen LogP contribution in [0.1, 0.15) is 52.9 Å². The highest BCUT2D eigenvalue weighted by molar-refractivity contribution is 5.95. The van der Waals surface area contributed by atoms with Crippen molar-refractivity contribution in [3.63, 3.8) is 0 Å². The zero-order valence-electron chi connectivity index (χ0n) is 17.2. The summed E-state index contributed by atoms with van der Waals surface area (Å²) in [7, 11) is 0. The number of hydrogen-bond donors (Lipinski definition) is 2. The minimum absolute atomic E-state index is 0.0189. The number of carbonyl (C=O) groups excluding carboxylic acids is 2. The zero-order valence-corrected chi connectivity index (χ0v) is 17.2. The highest BCUT2D eigenvalue weighted by atomic mass is 16.2. The molecule has 0 saturated carbocycles. The maximum absolute atomic E-state index is 13.0. The molecule has 9 nitrogen and oxygen atoms in total. The molecule has 0 fully saturated rings. The number of aromatic nitrogens is 4. The number of fused-ring (bicyclic) bond motifs is 2. The molecule has 4 heterocycles. The Labute approximate surface area is 173 Å². The van der Waals surface area contributed by atoms with Gasteiger partial charge in [-0.2, -0.15) is 5.10 Å². The third-order valence-electron chi connectivity index (χ3n) is 5.64. The second-order valence-corrected chi connectivity index (χ2v) is 7.92. The van der Waals surface area contributed by atoms with Crippen molar-refractivity contribution in [3.8, 4) is 0 Å². The average Bonchev–Trinajstić information content (AvgIpc) is 3.17. The van der Waals surface area contributed by atoms with E-state index in [4.69, 9.17) is 0 Å². The van der Waals surface area contributed by atoms with Crippen molar-refractivity contribution in [1.82, 2.24) is 29.8 Å². The van der Waals surface area contributed by atoms with Crippen LogP contribution in [0.3, 0.4) is 0 Å². The van der Waals surface area contributed by atoms with E-state index in [0.717, 1.165) is 5.56 Å². The van der Waals surface area contributed by atoms with Gasteiger partial charge in [0, 0.05) is 30.5 Å². The quantitative estimate of drug-likeness (QED) is 0.677. The minimum Gasteiger partial charge on any atom is -0.348 e. The van der Waals surface area contributed by atoms with Crippen molar-refractivity contribution in [3.05, 3.63) is 63.5 Å². The first-order valence-corrected chi connectivity index (χ1v) is 9.99. The monoisotopic (exact) mass is 408 g/mol. The van der Waals surface area contributed by atoms with Crippen LogP contribution < -0.4 is 10.9 Å². The molecule has 156 valence electrons. The Hall–Kier alpha value is -3.49. The maximum atomic E-state index is 13.0. The lowest BCUT2D eigenvalue weighted by molar-refractivity contribution is 0.0730. The van der Waals surface area contributed by atoms with Crippen molar-refractivity contribution in [1.29, 1.82) is 0 Å². The fraction of sp³-hybridized carbons (Fsp3) is 0.381. The van der Waals surface area contributed by atoms with Gasteiger partial charge in [-0.05, 0) is 31.4 Å². The fourth-order valence-corrected chi connectivity index (χ4v) is 3.46. The first-order chi connectivity index (χ1) is 14.4. The molecular formula is C21H24N6O3. The predicted molar refractivity (Wildman–Crippen MR) is 110 cm³/mol. The van der Waals surface area contributed by atoms with Gasteiger partial charge in [-0.15, -0.1) is 0 Å². The molecule has 30 heavy (non-hydrogen) atoms. The van der Waals surface area contributed by atoms with E-state index >= 15 is 0 Å². The molecule has 0 bridgehead atoms. The second kappa shape index (κ2) is 7.74. The molecular weight excluding hydrogens is 384 g/mol. The normalized spacial score (nSPS) is 14.6. The number of hydrogen-bond acceptors (Lipinski definition) is 5. The number of H-pyrrole nitrogens is 1. The molecule has 0 aromatic carbocycles. The molecule has 3 aromatic rings. The van der Waals surface area contributed by atoms with E-state index in [0.29, 0.717) is 35.9 Å². The number of nitrogens with one attached hydrogen (secondary N) is 2. The van der Waals surface area contributed by atoms with E-state index in [2.05, 4.69) is 20.5 Å². The smallest absolute Gasteiger partial charge is 0.272 e. The van der Waals surface area contributed by atoms with Crippen LogP contribution in [0.2, 0.25) is 0 Å². The average molecular weight is 408 g/mol. The van der Waals surface area contributed by atoms with Gasteiger partial charge in [0.1, 0.15) is 11.2 Å². The Morgan fingerprint density at radius 2 is 2.03 bits per heavy atom. The van der Waals surface area contributed by atoms with Crippen molar-refractivity contribution in [2.24, 2.45) is 5.92 Å². The summed E-state index contributed by atoms with van der Waals surface area (Å²) in [5, 5.41) is 10.0. The Kier molecular flexibility index (Phi) is 5.11.